The third-order valence-corrected chi connectivity index (χ3v) is 5.33. The van der Waals surface area contributed by atoms with E-state index < -0.39 is 5.82 Å². The summed E-state index contributed by atoms with van der Waals surface area (Å²) in [7, 11) is 0. The fraction of sp³-hybridized carbons (Fsp3) is 0.316. The molecule has 26 heavy (non-hydrogen) atoms. The van der Waals surface area contributed by atoms with E-state index in [4.69, 9.17) is 16.3 Å². The molecule has 0 amide bonds. The first-order valence-electron chi connectivity index (χ1n) is 8.41. The van der Waals surface area contributed by atoms with Crippen molar-refractivity contribution in [2.45, 2.75) is 12.6 Å². The van der Waals surface area contributed by atoms with Gasteiger partial charge >= 0.3 is 0 Å². The SMILES string of the molecule is N#Cc1cc(-c2c(O)cccc2F)c(Cl)c2c1CN1CCNCC1CO2. The fourth-order valence-electron chi connectivity index (χ4n) is 3.60. The van der Waals surface area contributed by atoms with Crippen LogP contribution in [0.15, 0.2) is 24.3 Å². The Morgan fingerprint density at radius 1 is 1.42 bits per heavy atom. The van der Waals surface area contributed by atoms with Crippen molar-refractivity contribution in [1.29, 1.82) is 5.26 Å². The van der Waals surface area contributed by atoms with Crippen LogP contribution in [0.25, 0.3) is 11.1 Å². The topological polar surface area (TPSA) is 68.5 Å². The number of halogens is 2. The highest BCUT2D eigenvalue weighted by Crippen LogP contribution is 2.45. The van der Waals surface area contributed by atoms with Gasteiger partial charge in [-0.2, -0.15) is 5.26 Å². The normalized spacial score (nSPS) is 19.7. The maximum Gasteiger partial charge on any atom is 0.144 e. The number of piperazine rings is 1. The number of rotatable bonds is 1. The number of phenolic OH excluding ortho intramolecular Hbond substituents is 1. The molecule has 0 saturated carbocycles. The third kappa shape index (κ3) is 2.78. The zero-order valence-electron chi connectivity index (χ0n) is 13.9. The van der Waals surface area contributed by atoms with E-state index in [2.05, 4.69) is 16.3 Å². The van der Waals surface area contributed by atoms with Gasteiger partial charge in [0.1, 0.15) is 23.9 Å². The zero-order valence-corrected chi connectivity index (χ0v) is 14.7. The van der Waals surface area contributed by atoms with E-state index in [-0.39, 0.29) is 27.9 Å². The van der Waals surface area contributed by atoms with E-state index in [1.807, 2.05) is 0 Å². The van der Waals surface area contributed by atoms with E-state index in [1.54, 1.807) is 0 Å². The molecule has 2 aliphatic heterocycles. The summed E-state index contributed by atoms with van der Waals surface area (Å²) in [5, 5.41) is 23.3. The largest absolute Gasteiger partial charge is 0.507 e. The van der Waals surface area contributed by atoms with Crippen LogP contribution in [0.1, 0.15) is 11.1 Å². The molecular weight excluding hydrogens is 357 g/mol. The van der Waals surface area contributed by atoms with Crippen LogP contribution < -0.4 is 10.1 Å². The molecule has 7 heteroatoms. The van der Waals surface area contributed by atoms with E-state index in [0.717, 1.165) is 19.6 Å². The lowest BCUT2D eigenvalue weighted by atomic mass is 9.97. The van der Waals surface area contributed by atoms with Gasteiger partial charge in [0.25, 0.3) is 0 Å². The van der Waals surface area contributed by atoms with Crippen molar-refractivity contribution in [2.24, 2.45) is 0 Å². The van der Waals surface area contributed by atoms with Crippen LogP contribution in [-0.2, 0) is 6.54 Å². The number of nitrogens with one attached hydrogen (secondary N) is 1. The zero-order chi connectivity index (χ0) is 18.3. The number of benzene rings is 2. The number of ether oxygens (including phenoxy) is 1. The van der Waals surface area contributed by atoms with Crippen molar-refractivity contribution in [1.82, 2.24) is 10.2 Å². The fourth-order valence-corrected chi connectivity index (χ4v) is 3.92. The molecule has 0 radical (unpaired) electrons. The molecule has 0 aliphatic carbocycles. The maximum atomic E-state index is 14.3. The Morgan fingerprint density at radius 2 is 2.27 bits per heavy atom. The minimum absolute atomic E-state index is 0.0240. The number of fused-ring (bicyclic) bond motifs is 2. The lowest BCUT2D eigenvalue weighted by Gasteiger charge is -2.33. The first-order chi connectivity index (χ1) is 12.6. The molecular formula is C19H17ClFN3O2. The highest BCUT2D eigenvalue weighted by molar-refractivity contribution is 6.35. The molecule has 1 unspecified atom stereocenters. The molecule has 0 bridgehead atoms. The second kappa shape index (κ2) is 6.76. The molecule has 0 aromatic heterocycles. The van der Waals surface area contributed by atoms with Crippen LogP contribution >= 0.6 is 11.6 Å². The molecule has 2 aromatic carbocycles. The van der Waals surface area contributed by atoms with Gasteiger partial charge in [-0.1, -0.05) is 17.7 Å². The predicted octanol–water partition coefficient (Wildman–Crippen LogP) is 2.89. The number of nitriles is 1. The van der Waals surface area contributed by atoms with Crippen molar-refractivity contribution in [3.05, 3.63) is 46.2 Å². The van der Waals surface area contributed by atoms with Crippen LogP contribution in [-0.4, -0.2) is 42.3 Å². The summed E-state index contributed by atoms with van der Waals surface area (Å²) in [5.74, 6) is -0.435. The number of nitrogens with zero attached hydrogens (tertiary/aromatic N) is 2. The molecule has 5 nitrogen and oxygen atoms in total. The predicted molar refractivity (Wildman–Crippen MR) is 95.8 cm³/mol. The van der Waals surface area contributed by atoms with Gasteiger partial charge in [0.2, 0.25) is 0 Å². The smallest absolute Gasteiger partial charge is 0.144 e. The summed E-state index contributed by atoms with van der Waals surface area (Å²) >= 11 is 6.56. The Labute approximate surface area is 155 Å². The molecule has 134 valence electrons. The molecule has 2 aliphatic rings. The summed E-state index contributed by atoms with van der Waals surface area (Å²) < 4.78 is 20.3. The lowest BCUT2D eigenvalue weighted by molar-refractivity contribution is 0.120. The Morgan fingerprint density at radius 3 is 3.04 bits per heavy atom. The van der Waals surface area contributed by atoms with E-state index in [1.165, 1.54) is 24.3 Å². The second-order valence-corrected chi connectivity index (χ2v) is 6.86. The van der Waals surface area contributed by atoms with Gasteiger partial charge in [-0.25, -0.2) is 4.39 Å². The van der Waals surface area contributed by atoms with Gasteiger partial charge in [0.15, 0.2) is 0 Å². The summed E-state index contributed by atoms with van der Waals surface area (Å²) in [6.45, 7) is 3.51. The Kier molecular flexibility index (Phi) is 4.45. The van der Waals surface area contributed by atoms with Crippen molar-refractivity contribution >= 4 is 11.6 Å². The van der Waals surface area contributed by atoms with Crippen molar-refractivity contribution < 1.29 is 14.2 Å². The third-order valence-electron chi connectivity index (χ3n) is 4.96. The summed E-state index contributed by atoms with van der Waals surface area (Å²) in [6.07, 6.45) is 0. The maximum absolute atomic E-state index is 14.3. The van der Waals surface area contributed by atoms with Gasteiger partial charge in [-0.05, 0) is 18.2 Å². The Bertz CT molecular complexity index is 892. The summed E-state index contributed by atoms with van der Waals surface area (Å²) in [4.78, 5) is 2.26. The number of hydrogen-bond acceptors (Lipinski definition) is 5. The average Bonchev–Trinajstić information content (AvgIpc) is 2.83. The first kappa shape index (κ1) is 17.1. The number of hydrogen-bond donors (Lipinski definition) is 2. The van der Waals surface area contributed by atoms with Crippen LogP contribution in [0.4, 0.5) is 4.39 Å². The van der Waals surface area contributed by atoms with Crippen molar-refractivity contribution in [2.75, 3.05) is 26.2 Å². The van der Waals surface area contributed by atoms with Crippen LogP contribution in [0.3, 0.4) is 0 Å². The second-order valence-electron chi connectivity index (χ2n) is 6.48. The van der Waals surface area contributed by atoms with Crippen molar-refractivity contribution in [3.8, 4) is 28.7 Å². The minimum Gasteiger partial charge on any atom is -0.507 e. The highest BCUT2D eigenvalue weighted by Gasteiger charge is 2.31. The lowest BCUT2D eigenvalue weighted by Crippen LogP contribution is -2.52. The standard InChI is InChI=1S/C19H17ClFN3O2/c20-18-13(17-15(21)2-1-3-16(17)25)6-11(7-22)14-9-24-5-4-23-8-12(24)10-26-19(14)18/h1-3,6,12,23,25H,4-5,8-10H2. The first-order valence-corrected chi connectivity index (χ1v) is 8.79. The van der Waals surface area contributed by atoms with E-state index in [0.29, 0.717) is 30.0 Å². The molecule has 2 N–H and O–H groups in total. The van der Waals surface area contributed by atoms with Crippen LogP contribution in [0.5, 0.6) is 11.5 Å². The molecule has 1 fully saturated rings. The van der Waals surface area contributed by atoms with Gasteiger partial charge in [0, 0.05) is 37.3 Å². The molecule has 2 aromatic rings. The molecule has 4 rings (SSSR count). The van der Waals surface area contributed by atoms with Crippen LogP contribution in [0.2, 0.25) is 5.02 Å². The van der Waals surface area contributed by atoms with Gasteiger partial charge in [0.05, 0.1) is 28.3 Å². The van der Waals surface area contributed by atoms with Gasteiger partial charge in [-0.15, -0.1) is 0 Å². The monoisotopic (exact) mass is 373 g/mol. The van der Waals surface area contributed by atoms with Gasteiger partial charge < -0.3 is 15.2 Å². The Hall–Kier alpha value is -2.33. The quantitative estimate of drug-likeness (QED) is 0.804. The van der Waals surface area contributed by atoms with Crippen LogP contribution in [0, 0.1) is 17.1 Å². The van der Waals surface area contributed by atoms with E-state index in [9.17, 15) is 14.8 Å². The number of phenols is 1. The summed E-state index contributed by atoms with van der Waals surface area (Å²) in [6, 6.07) is 7.94. The highest BCUT2D eigenvalue weighted by atomic mass is 35.5. The van der Waals surface area contributed by atoms with E-state index >= 15 is 0 Å². The summed E-state index contributed by atoms with van der Waals surface area (Å²) in [5.41, 5.74) is 1.32. The minimum atomic E-state index is -0.606. The van der Waals surface area contributed by atoms with Crippen molar-refractivity contribution in [3.63, 3.8) is 0 Å². The Balaban J connectivity index is 1.89. The molecule has 1 saturated heterocycles. The van der Waals surface area contributed by atoms with Gasteiger partial charge in [-0.3, -0.25) is 4.90 Å². The average molecular weight is 374 g/mol. The molecule has 0 spiro atoms. The number of aromatic hydroxyl groups is 1. The molecule has 2 heterocycles. The molecule has 1 atom stereocenters.